The van der Waals surface area contributed by atoms with Crippen molar-refractivity contribution in [3.05, 3.63) is 0 Å². The van der Waals surface area contributed by atoms with Crippen molar-refractivity contribution in [3.63, 3.8) is 0 Å². The van der Waals surface area contributed by atoms with E-state index in [-0.39, 0.29) is 0 Å². The summed E-state index contributed by atoms with van der Waals surface area (Å²) in [4.78, 5) is 0. The summed E-state index contributed by atoms with van der Waals surface area (Å²) in [5.41, 5.74) is 0. The van der Waals surface area contributed by atoms with Crippen molar-refractivity contribution < 1.29 is 0 Å². The van der Waals surface area contributed by atoms with Crippen molar-refractivity contribution in [2.45, 2.75) is 33.1 Å². The zero-order valence-electron chi connectivity index (χ0n) is 6.26. The maximum atomic E-state index is 4.09. The second kappa shape index (κ2) is 6.81. The molecule has 0 rings (SSSR count). The van der Waals surface area contributed by atoms with Gasteiger partial charge in [0.05, 0.1) is 0 Å². The van der Waals surface area contributed by atoms with Gasteiger partial charge in [0.15, 0.2) is 0 Å². The van der Waals surface area contributed by atoms with Gasteiger partial charge in [-0.1, -0.05) is 37.5 Å². The summed E-state index contributed by atoms with van der Waals surface area (Å²) in [6.07, 6.45) is 3.98. The standard InChI is InChI=1S/C7H16S2/c1-3-7(4-2)5-6-9-8/h7-8H,3-6H2,1-2H3. The lowest BCUT2D eigenvalue weighted by molar-refractivity contribution is 0.481. The monoisotopic (exact) mass is 164 g/mol. The van der Waals surface area contributed by atoms with E-state index in [1.54, 1.807) is 10.8 Å². The van der Waals surface area contributed by atoms with Gasteiger partial charge < -0.3 is 0 Å². The van der Waals surface area contributed by atoms with Gasteiger partial charge >= 0.3 is 0 Å². The zero-order valence-corrected chi connectivity index (χ0v) is 7.97. The molecule has 0 amide bonds. The lowest BCUT2D eigenvalue weighted by atomic mass is 10.0. The van der Waals surface area contributed by atoms with Gasteiger partial charge in [0.2, 0.25) is 0 Å². The van der Waals surface area contributed by atoms with E-state index in [9.17, 15) is 0 Å². The van der Waals surface area contributed by atoms with E-state index >= 15 is 0 Å². The highest BCUT2D eigenvalue weighted by Crippen LogP contribution is 2.17. The minimum atomic E-state index is 0.935. The first-order valence-electron chi connectivity index (χ1n) is 3.61. The lowest BCUT2D eigenvalue weighted by Crippen LogP contribution is -1.96. The smallest absolute Gasteiger partial charge is 0.00371 e. The molecule has 0 saturated carbocycles. The molecule has 2 heteroatoms. The second-order valence-electron chi connectivity index (χ2n) is 2.30. The first-order chi connectivity index (χ1) is 4.35. The maximum absolute atomic E-state index is 4.09. The molecule has 9 heavy (non-hydrogen) atoms. The SMILES string of the molecule is CCC(CC)CCSS. The van der Waals surface area contributed by atoms with Crippen molar-refractivity contribution in [2.75, 3.05) is 5.75 Å². The molecule has 0 aliphatic carbocycles. The summed E-state index contributed by atoms with van der Waals surface area (Å²) in [6, 6.07) is 0. The molecule has 0 aliphatic heterocycles. The molecular formula is C7H16S2. The molecule has 0 spiro atoms. The van der Waals surface area contributed by atoms with Crippen molar-refractivity contribution in [1.82, 2.24) is 0 Å². The minimum Gasteiger partial charge on any atom is -0.111 e. The molecule has 0 heterocycles. The van der Waals surface area contributed by atoms with Gasteiger partial charge in [0.1, 0.15) is 0 Å². The van der Waals surface area contributed by atoms with Crippen LogP contribution in [0.1, 0.15) is 33.1 Å². The predicted molar refractivity (Wildman–Crippen MR) is 50.1 cm³/mol. The molecule has 0 bridgehead atoms. The molecular weight excluding hydrogens is 148 g/mol. The molecule has 0 N–H and O–H groups in total. The predicted octanol–water partition coefficient (Wildman–Crippen LogP) is 3.39. The highest BCUT2D eigenvalue weighted by atomic mass is 33.1. The number of hydrogen-bond acceptors (Lipinski definition) is 2. The Hall–Kier alpha value is 0.700. The Labute approximate surface area is 67.6 Å². The first-order valence-corrected chi connectivity index (χ1v) is 5.65. The Morgan fingerprint density at radius 3 is 2.22 bits per heavy atom. The maximum Gasteiger partial charge on any atom is 0.00371 e. The topological polar surface area (TPSA) is 0 Å². The molecule has 0 fully saturated rings. The molecule has 0 aromatic heterocycles. The number of rotatable bonds is 5. The Morgan fingerprint density at radius 1 is 1.33 bits per heavy atom. The average Bonchev–Trinajstić information content (AvgIpc) is 1.91. The third-order valence-electron chi connectivity index (χ3n) is 1.77. The van der Waals surface area contributed by atoms with Crippen LogP contribution in [0.5, 0.6) is 0 Å². The Bertz CT molecular complexity index is 50.9. The van der Waals surface area contributed by atoms with Gasteiger partial charge in [0.25, 0.3) is 0 Å². The Morgan fingerprint density at radius 2 is 1.89 bits per heavy atom. The van der Waals surface area contributed by atoms with Crippen LogP contribution in [0.15, 0.2) is 0 Å². The summed E-state index contributed by atoms with van der Waals surface area (Å²) < 4.78 is 0. The van der Waals surface area contributed by atoms with E-state index in [0.717, 1.165) is 5.92 Å². The summed E-state index contributed by atoms with van der Waals surface area (Å²) >= 11 is 4.09. The normalized spacial score (nSPS) is 10.7. The van der Waals surface area contributed by atoms with Gasteiger partial charge in [-0.3, -0.25) is 0 Å². The molecule has 0 aliphatic rings. The molecule has 0 aromatic rings. The Kier molecular flexibility index (Phi) is 7.34. The third-order valence-corrected chi connectivity index (χ3v) is 2.74. The van der Waals surface area contributed by atoms with Crippen molar-refractivity contribution in [3.8, 4) is 0 Å². The van der Waals surface area contributed by atoms with Crippen LogP contribution < -0.4 is 0 Å². The van der Waals surface area contributed by atoms with E-state index in [4.69, 9.17) is 0 Å². The number of hydrogen-bond donors (Lipinski definition) is 1. The molecule has 0 nitrogen and oxygen atoms in total. The molecule has 0 atom stereocenters. The van der Waals surface area contributed by atoms with Crippen LogP contribution in [0.3, 0.4) is 0 Å². The first kappa shape index (κ1) is 9.70. The lowest BCUT2D eigenvalue weighted by Gasteiger charge is -2.09. The fourth-order valence-corrected chi connectivity index (χ4v) is 1.67. The van der Waals surface area contributed by atoms with Crippen LogP contribution in [0.2, 0.25) is 0 Å². The largest absolute Gasteiger partial charge is 0.111 e. The molecule has 0 unspecified atom stereocenters. The van der Waals surface area contributed by atoms with Gasteiger partial charge in [-0.25, -0.2) is 0 Å². The van der Waals surface area contributed by atoms with E-state index in [1.807, 2.05) is 0 Å². The van der Waals surface area contributed by atoms with E-state index < -0.39 is 0 Å². The highest BCUT2D eigenvalue weighted by Gasteiger charge is 2.00. The summed E-state index contributed by atoms with van der Waals surface area (Å²) in [7, 11) is 1.66. The van der Waals surface area contributed by atoms with Crippen LogP contribution >= 0.6 is 22.5 Å². The molecule has 0 aromatic carbocycles. The van der Waals surface area contributed by atoms with Crippen LogP contribution in [0.4, 0.5) is 0 Å². The summed E-state index contributed by atoms with van der Waals surface area (Å²) in [5, 5.41) is 0. The van der Waals surface area contributed by atoms with E-state index in [2.05, 4.69) is 25.5 Å². The van der Waals surface area contributed by atoms with E-state index in [1.165, 1.54) is 25.0 Å². The van der Waals surface area contributed by atoms with Crippen LogP contribution in [-0.2, 0) is 0 Å². The van der Waals surface area contributed by atoms with Gasteiger partial charge in [-0.2, -0.15) is 0 Å². The fourth-order valence-electron chi connectivity index (χ4n) is 0.916. The van der Waals surface area contributed by atoms with Gasteiger partial charge in [-0.05, 0) is 12.3 Å². The third kappa shape index (κ3) is 5.16. The van der Waals surface area contributed by atoms with Crippen molar-refractivity contribution in [2.24, 2.45) is 5.92 Å². The summed E-state index contributed by atoms with van der Waals surface area (Å²) in [6.45, 7) is 4.52. The van der Waals surface area contributed by atoms with Crippen molar-refractivity contribution in [1.29, 1.82) is 0 Å². The van der Waals surface area contributed by atoms with Crippen LogP contribution in [0, 0.1) is 5.92 Å². The quantitative estimate of drug-likeness (QED) is 0.480. The zero-order chi connectivity index (χ0) is 7.11. The fraction of sp³-hybridized carbons (Fsp3) is 1.00. The minimum absolute atomic E-state index is 0.935. The molecule has 0 radical (unpaired) electrons. The number of thiol groups is 1. The van der Waals surface area contributed by atoms with Crippen molar-refractivity contribution >= 4 is 22.5 Å². The van der Waals surface area contributed by atoms with Gasteiger partial charge in [-0.15, -0.1) is 11.7 Å². The second-order valence-corrected chi connectivity index (χ2v) is 3.75. The molecule has 56 valence electrons. The average molecular weight is 164 g/mol. The highest BCUT2D eigenvalue weighted by molar-refractivity contribution is 8.68. The summed E-state index contributed by atoms with van der Waals surface area (Å²) in [5.74, 6) is 2.14. The van der Waals surface area contributed by atoms with Crippen LogP contribution in [0.25, 0.3) is 0 Å². The van der Waals surface area contributed by atoms with Crippen LogP contribution in [-0.4, -0.2) is 5.75 Å². The Balaban J connectivity index is 3.09. The van der Waals surface area contributed by atoms with Gasteiger partial charge in [0, 0.05) is 5.75 Å². The molecule has 0 saturated heterocycles. The van der Waals surface area contributed by atoms with E-state index in [0.29, 0.717) is 0 Å².